The van der Waals surface area contributed by atoms with Gasteiger partial charge in [0.05, 0.1) is 6.54 Å². The van der Waals surface area contributed by atoms with Crippen LogP contribution in [0.4, 0.5) is 8.78 Å². The van der Waals surface area contributed by atoms with Crippen LogP contribution in [0.3, 0.4) is 0 Å². The van der Waals surface area contributed by atoms with Gasteiger partial charge in [0.25, 0.3) is 0 Å². The first-order valence-electron chi connectivity index (χ1n) is 7.57. The van der Waals surface area contributed by atoms with Crippen molar-refractivity contribution in [1.29, 1.82) is 0 Å². The van der Waals surface area contributed by atoms with E-state index in [1.54, 1.807) is 0 Å². The van der Waals surface area contributed by atoms with E-state index in [0.29, 0.717) is 13.1 Å². The van der Waals surface area contributed by atoms with Gasteiger partial charge in [0.1, 0.15) is 11.6 Å². The lowest BCUT2D eigenvalue weighted by Gasteiger charge is -2.28. The number of nitrogens with one attached hydrogen (secondary N) is 1. The molecule has 1 aromatic rings. The molecule has 1 fully saturated rings. The second kappa shape index (κ2) is 6.90. The van der Waals surface area contributed by atoms with Gasteiger partial charge in [-0.1, -0.05) is 31.1 Å². The molecule has 0 saturated heterocycles. The van der Waals surface area contributed by atoms with E-state index in [-0.39, 0.29) is 11.5 Å². The maximum absolute atomic E-state index is 14.2. The van der Waals surface area contributed by atoms with Crippen molar-refractivity contribution in [2.24, 2.45) is 10.7 Å². The quantitative estimate of drug-likeness (QED) is 0.498. The number of hydrogen-bond acceptors (Lipinski definition) is 1. The zero-order valence-corrected chi connectivity index (χ0v) is 13.0. The Morgan fingerprint density at radius 3 is 2.45 bits per heavy atom. The SMILES string of the molecule is C=C(C)CNC(N)=NCC1(c2c(F)cccc2F)CCCC1. The molecule has 0 aliphatic heterocycles. The monoisotopic (exact) mass is 307 g/mol. The Labute approximate surface area is 130 Å². The van der Waals surface area contributed by atoms with Crippen molar-refractivity contribution in [2.75, 3.05) is 13.1 Å². The van der Waals surface area contributed by atoms with E-state index in [1.165, 1.54) is 18.2 Å². The van der Waals surface area contributed by atoms with Crippen LogP contribution >= 0.6 is 0 Å². The molecule has 0 bridgehead atoms. The molecule has 0 atom stereocenters. The molecule has 22 heavy (non-hydrogen) atoms. The van der Waals surface area contributed by atoms with Crippen LogP contribution in [0.25, 0.3) is 0 Å². The van der Waals surface area contributed by atoms with Gasteiger partial charge in [-0.05, 0) is 31.9 Å². The fourth-order valence-corrected chi connectivity index (χ4v) is 3.08. The van der Waals surface area contributed by atoms with Crippen LogP contribution in [-0.4, -0.2) is 19.0 Å². The number of benzene rings is 1. The molecule has 1 aliphatic rings. The number of nitrogens with two attached hydrogens (primary N) is 1. The first kappa shape index (κ1) is 16.5. The highest BCUT2D eigenvalue weighted by Gasteiger charge is 2.39. The van der Waals surface area contributed by atoms with Crippen molar-refractivity contribution in [1.82, 2.24) is 5.32 Å². The standard InChI is InChI=1S/C17H23F2N3/c1-12(2)10-21-16(20)22-11-17(8-3-4-9-17)15-13(18)6-5-7-14(15)19/h5-7H,1,3-4,8-11H2,2H3,(H3,20,21,22). The van der Waals surface area contributed by atoms with E-state index >= 15 is 0 Å². The molecule has 0 heterocycles. The van der Waals surface area contributed by atoms with Crippen LogP contribution in [0.1, 0.15) is 38.2 Å². The average Bonchev–Trinajstić information content (AvgIpc) is 2.92. The van der Waals surface area contributed by atoms with Gasteiger partial charge in [-0.2, -0.15) is 0 Å². The summed E-state index contributed by atoms with van der Waals surface area (Å²) in [5, 5.41) is 2.94. The number of hydrogen-bond donors (Lipinski definition) is 2. The fourth-order valence-electron chi connectivity index (χ4n) is 3.08. The normalized spacial score (nSPS) is 17.5. The highest BCUT2D eigenvalue weighted by molar-refractivity contribution is 5.78. The van der Waals surface area contributed by atoms with Crippen LogP contribution in [0, 0.1) is 11.6 Å². The first-order chi connectivity index (χ1) is 10.4. The highest BCUT2D eigenvalue weighted by Crippen LogP contribution is 2.43. The Morgan fingerprint density at radius 2 is 1.91 bits per heavy atom. The van der Waals surface area contributed by atoms with E-state index in [4.69, 9.17) is 5.73 Å². The summed E-state index contributed by atoms with van der Waals surface area (Å²) in [6, 6.07) is 4.01. The molecule has 1 saturated carbocycles. The summed E-state index contributed by atoms with van der Waals surface area (Å²) in [5.74, 6) is -0.706. The van der Waals surface area contributed by atoms with Crippen LogP contribution in [0.5, 0.6) is 0 Å². The molecule has 0 amide bonds. The van der Waals surface area contributed by atoms with E-state index in [2.05, 4.69) is 16.9 Å². The molecular formula is C17H23F2N3. The van der Waals surface area contributed by atoms with Crippen LogP contribution < -0.4 is 11.1 Å². The Kier molecular flexibility index (Phi) is 5.16. The summed E-state index contributed by atoms with van der Waals surface area (Å²) in [6.45, 7) is 6.49. The summed E-state index contributed by atoms with van der Waals surface area (Å²) >= 11 is 0. The highest BCUT2D eigenvalue weighted by atomic mass is 19.1. The summed E-state index contributed by atoms with van der Waals surface area (Å²) in [6.07, 6.45) is 3.34. The lowest BCUT2D eigenvalue weighted by Crippen LogP contribution is -2.36. The van der Waals surface area contributed by atoms with Gasteiger partial charge >= 0.3 is 0 Å². The molecule has 120 valence electrons. The smallest absolute Gasteiger partial charge is 0.188 e. The van der Waals surface area contributed by atoms with Gasteiger partial charge in [-0.3, -0.25) is 4.99 Å². The predicted molar refractivity (Wildman–Crippen MR) is 85.8 cm³/mol. The molecule has 3 nitrogen and oxygen atoms in total. The minimum Gasteiger partial charge on any atom is -0.370 e. The van der Waals surface area contributed by atoms with E-state index in [1.807, 2.05) is 6.92 Å². The van der Waals surface area contributed by atoms with Gasteiger partial charge < -0.3 is 11.1 Å². The maximum Gasteiger partial charge on any atom is 0.188 e. The second-order valence-electron chi connectivity index (χ2n) is 6.10. The third-order valence-corrected chi connectivity index (χ3v) is 4.18. The minimum atomic E-state index is -0.592. The lowest BCUT2D eigenvalue weighted by molar-refractivity contribution is 0.401. The first-order valence-corrected chi connectivity index (χ1v) is 7.57. The van der Waals surface area contributed by atoms with Crippen molar-refractivity contribution in [2.45, 2.75) is 38.0 Å². The summed E-state index contributed by atoms with van der Waals surface area (Å²) in [7, 11) is 0. The average molecular weight is 307 g/mol. The fraction of sp³-hybridized carbons (Fsp3) is 0.471. The molecule has 0 unspecified atom stereocenters. The minimum absolute atomic E-state index is 0.156. The van der Waals surface area contributed by atoms with Gasteiger partial charge in [0.15, 0.2) is 5.96 Å². The van der Waals surface area contributed by atoms with Crippen molar-refractivity contribution >= 4 is 5.96 Å². The van der Waals surface area contributed by atoms with Crippen molar-refractivity contribution in [3.8, 4) is 0 Å². The second-order valence-corrected chi connectivity index (χ2v) is 6.10. The third kappa shape index (κ3) is 3.64. The molecule has 0 aromatic heterocycles. The van der Waals surface area contributed by atoms with Crippen molar-refractivity contribution in [3.63, 3.8) is 0 Å². The molecule has 0 radical (unpaired) electrons. The molecule has 0 spiro atoms. The number of rotatable bonds is 5. The van der Waals surface area contributed by atoms with E-state index in [9.17, 15) is 8.78 Å². The Balaban J connectivity index is 2.23. The zero-order valence-electron chi connectivity index (χ0n) is 13.0. The maximum atomic E-state index is 14.2. The summed E-state index contributed by atoms with van der Waals surface area (Å²) in [5.41, 5.74) is 6.33. The van der Waals surface area contributed by atoms with Gasteiger partial charge in [-0.15, -0.1) is 0 Å². The molecule has 5 heteroatoms. The van der Waals surface area contributed by atoms with E-state index in [0.717, 1.165) is 31.3 Å². The third-order valence-electron chi connectivity index (χ3n) is 4.18. The molecule has 1 aliphatic carbocycles. The molecular weight excluding hydrogens is 284 g/mol. The zero-order chi connectivity index (χ0) is 16.2. The van der Waals surface area contributed by atoms with E-state index < -0.39 is 17.0 Å². The number of guanidine groups is 1. The van der Waals surface area contributed by atoms with Crippen LogP contribution in [0.2, 0.25) is 0 Å². The Hall–Kier alpha value is -1.91. The van der Waals surface area contributed by atoms with Crippen LogP contribution in [-0.2, 0) is 5.41 Å². The summed E-state index contributed by atoms with van der Waals surface area (Å²) < 4.78 is 28.4. The molecule has 3 N–H and O–H groups in total. The van der Waals surface area contributed by atoms with Crippen molar-refractivity contribution < 1.29 is 8.78 Å². The topological polar surface area (TPSA) is 50.4 Å². The number of halogens is 2. The molecule has 1 aromatic carbocycles. The Bertz CT molecular complexity index is 555. The summed E-state index contributed by atoms with van der Waals surface area (Å²) in [4.78, 5) is 4.32. The number of aliphatic imine (C=N–C) groups is 1. The predicted octanol–water partition coefficient (Wildman–Crippen LogP) is 3.26. The largest absolute Gasteiger partial charge is 0.370 e. The van der Waals surface area contributed by atoms with Crippen LogP contribution in [0.15, 0.2) is 35.3 Å². The number of nitrogens with zero attached hydrogens (tertiary/aromatic N) is 1. The van der Waals surface area contributed by atoms with Crippen molar-refractivity contribution in [3.05, 3.63) is 47.5 Å². The van der Waals surface area contributed by atoms with Gasteiger partial charge in [0.2, 0.25) is 0 Å². The van der Waals surface area contributed by atoms with Gasteiger partial charge in [0, 0.05) is 17.5 Å². The lowest BCUT2D eigenvalue weighted by atomic mass is 9.78. The molecule has 2 rings (SSSR count). The Morgan fingerprint density at radius 1 is 1.32 bits per heavy atom. The van der Waals surface area contributed by atoms with Gasteiger partial charge in [-0.25, -0.2) is 8.78 Å².